The van der Waals surface area contributed by atoms with Crippen LogP contribution in [0.1, 0.15) is 12.7 Å². The summed E-state index contributed by atoms with van der Waals surface area (Å²) in [7, 11) is 0. The van der Waals surface area contributed by atoms with E-state index in [1.165, 1.54) is 0 Å². The van der Waals surface area contributed by atoms with E-state index >= 15 is 0 Å². The van der Waals surface area contributed by atoms with Gasteiger partial charge < -0.3 is 15.2 Å². The Labute approximate surface area is 146 Å². The lowest BCUT2D eigenvalue weighted by Gasteiger charge is -2.29. The lowest BCUT2D eigenvalue weighted by atomic mass is 10.2. The molecule has 1 aliphatic heterocycles. The van der Waals surface area contributed by atoms with Crippen molar-refractivity contribution in [3.05, 3.63) is 30.4 Å². The summed E-state index contributed by atoms with van der Waals surface area (Å²) in [5, 5.41) is 17.6. The summed E-state index contributed by atoms with van der Waals surface area (Å²) in [5.74, 6) is 1.56. The number of aromatic nitrogens is 4. The number of morpholine rings is 1. The number of nitrogens with zero attached hydrogens (tertiary/aromatic N) is 4. The Bertz CT molecular complexity index is 615. The molecule has 0 bridgehead atoms. The maximum atomic E-state index is 8.36. The Morgan fingerprint density at radius 3 is 2.76 bits per heavy atom. The van der Waals surface area contributed by atoms with E-state index in [9.17, 15) is 0 Å². The van der Waals surface area contributed by atoms with Crippen LogP contribution in [0.15, 0.2) is 24.5 Å². The van der Waals surface area contributed by atoms with Gasteiger partial charge in [0.1, 0.15) is 5.82 Å². The number of rotatable bonds is 6. The lowest BCUT2D eigenvalue weighted by Crippen LogP contribution is -2.44. The van der Waals surface area contributed by atoms with Gasteiger partial charge in [-0.3, -0.25) is 19.8 Å². The van der Waals surface area contributed by atoms with E-state index in [1.807, 2.05) is 12.1 Å². The molecular formula is C16H24N6O3. The highest BCUT2D eigenvalue weighted by molar-refractivity contribution is 5.52. The second-order valence-electron chi connectivity index (χ2n) is 5.64. The average molecular weight is 348 g/mol. The highest BCUT2D eigenvalue weighted by atomic mass is 16.5. The van der Waals surface area contributed by atoms with Crippen molar-refractivity contribution in [1.29, 1.82) is 0 Å². The fourth-order valence-corrected chi connectivity index (χ4v) is 2.51. The molecule has 9 nitrogen and oxygen atoms in total. The summed E-state index contributed by atoms with van der Waals surface area (Å²) in [4.78, 5) is 19.3. The second kappa shape index (κ2) is 10.5. The molecule has 136 valence electrons. The number of nitrogens with one attached hydrogen (secondary N) is 2. The van der Waals surface area contributed by atoms with Gasteiger partial charge in [0.2, 0.25) is 0 Å². The van der Waals surface area contributed by atoms with Gasteiger partial charge in [-0.2, -0.15) is 5.10 Å². The third-order valence-electron chi connectivity index (χ3n) is 3.72. The average Bonchev–Trinajstić information content (AvgIpc) is 3.11. The molecule has 2 aromatic heterocycles. The molecule has 2 aromatic rings. The Hall–Kier alpha value is -2.36. The van der Waals surface area contributed by atoms with Crippen molar-refractivity contribution < 1.29 is 14.6 Å². The summed E-state index contributed by atoms with van der Waals surface area (Å²) in [5.41, 5.74) is 0.971. The Balaban J connectivity index is 0.000000701. The van der Waals surface area contributed by atoms with E-state index in [1.54, 1.807) is 12.4 Å². The minimum atomic E-state index is -0.250. The van der Waals surface area contributed by atoms with Crippen LogP contribution in [0.3, 0.4) is 0 Å². The number of ether oxygens (including phenoxy) is 1. The zero-order valence-electron chi connectivity index (χ0n) is 14.3. The number of carboxylic acid groups (broad SMARTS) is 1. The molecule has 0 aliphatic carbocycles. The monoisotopic (exact) mass is 348 g/mol. The minimum absolute atomic E-state index is 0.250. The molecule has 0 saturated carbocycles. The third kappa shape index (κ3) is 6.57. The molecule has 0 amide bonds. The fourth-order valence-electron chi connectivity index (χ4n) is 2.51. The zero-order valence-corrected chi connectivity index (χ0v) is 14.3. The number of pyridine rings is 1. The van der Waals surface area contributed by atoms with Gasteiger partial charge in [-0.05, 0) is 19.1 Å². The van der Waals surface area contributed by atoms with Gasteiger partial charge in [0, 0.05) is 43.6 Å². The molecule has 1 aliphatic rings. The summed E-state index contributed by atoms with van der Waals surface area (Å²) in [6.07, 6.45) is 3.49. The van der Waals surface area contributed by atoms with Crippen LogP contribution in [-0.4, -0.2) is 75.5 Å². The van der Waals surface area contributed by atoms with Crippen LogP contribution < -0.4 is 5.32 Å². The van der Waals surface area contributed by atoms with Crippen molar-refractivity contribution in [2.24, 2.45) is 0 Å². The van der Waals surface area contributed by atoms with Gasteiger partial charge in [0.05, 0.1) is 19.8 Å². The van der Waals surface area contributed by atoms with E-state index in [2.05, 4.69) is 37.3 Å². The highest BCUT2D eigenvalue weighted by Crippen LogP contribution is 2.12. The van der Waals surface area contributed by atoms with Crippen molar-refractivity contribution in [2.45, 2.75) is 19.5 Å². The number of carbonyl (C=O) groups is 1. The van der Waals surface area contributed by atoms with Crippen molar-refractivity contribution in [1.82, 2.24) is 30.4 Å². The van der Waals surface area contributed by atoms with Gasteiger partial charge in [0.15, 0.2) is 5.82 Å². The minimum Gasteiger partial charge on any atom is -0.483 e. The predicted molar refractivity (Wildman–Crippen MR) is 91.9 cm³/mol. The second-order valence-corrected chi connectivity index (χ2v) is 5.64. The first kappa shape index (κ1) is 19.0. The molecule has 3 N–H and O–H groups in total. The Kier molecular flexibility index (Phi) is 7.96. The van der Waals surface area contributed by atoms with Gasteiger partial charge in [-0.15, -0.1) is 0 Å². The molecule has 1 unspecified atom stereocenters. The van der Waals surface area contributed by atoms with Crippen LogP contribution in [0.2, 0.25) is 0 Å². The maximum absolute atomic E-state index is 8.36. The molecule has 0 spiro atoms. The van der Waals surface area contributed by atoms with Gasteiger partial charge in [-0.1, -0.05) is 0 Å². The molecule has 0 aromatic carbocycles. The van der Waals surface area contributed by atoms with Crippen LogP contribution >= 0.6 is 0 Å². The van der Waals surface area contributed by atoms with Gasteiger partial charge >= 0.3 is 0 Å². The predicted octanol–water partition coefficient (Wildman–Crippen LogP) is 0.378. The number of H-pyrrole nitrogens is 1. The first-order valence-electron chi connectivity index (χ1n) is 8.16. The summed E-state index contributed by atoms with van der Waals surface area (Å²) >= 11 is 0. The first-order chi connectivity index (χ1) is 12.2. The Morgan fingerprint density at radius 2 is 2.08 bits per heavy atom. The molecule has 1 atom stereocenters. The molecule has 1 saturated heterocycles. The van der Waals surface area contributed by atoms with E-state index in [-0.39, 0.29) is 6.47 Å². The molecule has 3 heterocycles. The van der Waals surface area contributed by atoms with Crippen molar-refractivity contribution in [2.75, 3.05) is 32.8 Å². The summed E-state index contributed by atoms with van der Waals surface area (Å²) in [6, 6.07) is 4.20. The van der Waals surface area contributed by atoms with Gasteiger partial charge in [0.25, 0.3) is 6.47 Å². The topological polar surface area (TPSA) is 116 Å². The lowest BCUT2D eigenvalue weighted by molar-refractivity contribution is -0.122. The van der Waals surface area contributed by atoms with E-state index in [4.69, 9.17) is 14.6 Å². The Morgan fingerprint density at radius 1 is 1.40 bits per heavy atom. The molecular weight excluding hydrogens is 324 g/mol. The first-order valence-corrected chi connectivity index (χ1v) is 8.16. The molecule has 9 heteroatoms. The number of hydrogen-bond donors (Lipinski definition) is 3. The van der Waals surface area contributed by atoms with Crippen molar-refractivity contribution in [3.63, 3.8) is 0 Å². The van der Waals surface area contributed by atoms with Gasteiger partial charge in [-0.25, -0.2) is 4.98 Å². The van der Waals surface area contributed by atoms with Crippen LogP contribution in [0.5, 0.6) is 0 Å². The molecule has 0 radical (unpaired) electrons. The van der Waals surface area contributed by atoms with Crippen LogP contribution in [0.4, 0.5) is 0 Å². The fraction of sp³-hybridized carbons (Fsp3) is 0.500. The summed E-state index contributed by atoms with van der Waals surface area (Å²) in [6.45, 7) is 7.35. The smallest absolute Gasteiger partial charge is 0.290 e. The van der Waals surface area contributed by atoms with Crippen molar-refractivity contribution >= 4 is 6.47 Å². The molecule has 3 rings (SSSR count). The highest BCUT2D eigenvalue weighted by Gasteiger charge is 2.14. The van der Waals surface area contributed by atoms with E-state index in [0.717, 1.165) is 44.2 Å². The van der Waals surface area contributed by atoms with Crippen molar-refractivity contribution in [3.8, 4) is 11.4 Å². The zero-order chi connectivity index (χ0) is 17.9. The van der Waals surface area contributed by atoms with Crippen LogP contribution in [-0.2, 0) is 16.1 Å². The normalized spacial score (nSPS) is 15.9. The van der Waals surface area contributed by atoms with E-state index < -0.39 is 0 Å². The standard InChI is InChI=1S/C15H22N6O.CH2O2/c1-12(11-21-6-8-22-9-7-21)17-10-14-18-15(20-19-14)13-2-4-16-5-3-13;2-1-3/h2-5,12,17H,6-11H2,1H3,(H,18,19,20);1H,(H,2,3). The van der Waals surface area contributed by atoms with Crippen LogP contribution in [0, 0.1) is 0 Å². The van der Waals surface area contributed by atoms with Crippen LogP contribution in [0.25, 0.3) is 11.4 Å². The number of aromatic amines is 1. The van der Waals surface area contributed by atoms with E-state index in [0.29, 0.717) is 18.4 Å². The SMILES string of the molecule is CC(CN1CCOCC1)NCc1nc(-c2ccncc2)n[nH]1.O=CO. The maximum Gasteiger partial charge on any atom is 0.290 e. The largest absolute Gasteiger partial charge is 0.483 e. The molecule has 1 fully saturated rings. The quantitative estimate of drug-likeness (QED) is 0.642. The molecule has 25 heavy (non-hydrogen) atoms. The number of hydrogen-bond acceptors (Lipinski definition) is 7. The third-order valence-corrected chi connectivity index (χ3v) is 3.72. The summed E-state index contributed by atoms with van der Waals surface area (Å²) < 4.78 is 5.37.